The number of ether oxygens (including phenoxy) is 1. The van der Waals surface area contributed by atoms with Crippen LogP contribution in [0.3, 0.4) is 0 Å². The molecule has 23 heavy (non-hydrogen) atoms. The summed E-state index contributed by atoms with van der Waals surface area (Å²) in [6, 6.07) is -0.768. The molecule has 0 bridgehead atoms. The average Bonchev–Trinajstić information content (AvgIpc) is 2.39. The van der Waals surface area contributed by atoms with Gasteiger partial charge in [0.15, 0.2) is 0 Å². The molecule has 3 N–H and O–H groups in total. The largest absolute Gasteiger partial charge is 0.481 e. The van der Waals surface area contributed by atoms with Gasteiger partial charge in [0.2, 0.25) is 5.91 Å². The molecule has 0 spiro atoms. The molecule has 2 amide bonds. The van der Waals surface area contributed by atoms with E-state index in [1.807, 2.05) is 0 Å². The predicted octanol–water partition coefficient (Wildman–Crippen LogP) is 1.77. The zero-order chi connectivity index (χ0) is 18.0. The van der Waals surface area contributed by atoms with Crippen LogP contribution in [0.1, 0.15) is 27.2 Å². The molecule has 0 aliphatic heterocycles. The lowest BCUT2D eigenvalue weighted by Crippen LogP contribution is -2.44. The Labute approximate surface area is 136 Å². The van der Waals surface area contributed by atoms with E-state index >= 15 is 0 Å². The van der Waals surface area contributed by atoms with E-state index < -0.39 is 29.6 Å². The Bertz CT molecular complexity index is 503. The van der Waals surface area contributed by atoms with Crippen molar-refractivity contribution < 1.29 is 24.2 Å². The Morgan fingerprint density at radius 1 is 1.26 bits per heavy atom. The Kier molecular flexibility index (Phi) is 8.39. The van der Waals surface area contributed by atoms with E-state index in [0.29, 0.717) is 5.57 Å². The Morgan fingerprint density at radius 2 is 1.87 bits per heavy atom. The van der Waals surface area contributed by atoms with Gasteiger partial charge < -0.3 is 20.5 Å². The van der Waals surface area contributed by atoms with Crippen molar-refractivity contribution >= 4 is 18.0 Å². The maximum absolute atomic E-state index is 11.9. The van der Waals surface area contributed by atoms with Crippen LogP contribution >= 0.6 is 0 Å². The number of carbonyl (C=O) groups is 3. The SMILES string of the molecule is C=C/C=C(\C=C)[C@@H](CC(=O)O)NC(=O)CNC(=O)OC(C)(C)C. The molecular formula is C16H24N2O5. The fourth-order valence-corrected chi connectivity index (χ4v) is 1.60. The van der Waals surface area contributed by atoms with Crippen molar-refractivity contribution in [3.63, 3.8) is 0 Å². The van der Waals surface area contributed by atoms with Crippen molar-refractivity contribution in [2.75, 3.05) is 6.54 Å². The molecule has 7 nitrogen and oxygen atoms in total. The fourth-order valence-electron chi connectivity index (χ4n) is 1.60. The molecule has 0 aliphatic carbocycles. The minimum absolute atomic E-state index is 0.316. The number of rotatable bonds is 8. The number of nitrogens with one attached hydrogen (secondary N) is 2. The van der Waals surface area contributed by atoms with Gasteiger partial charge in [-0.1, -0.05) is 31.4 Å². The summed E-state index contributed by atoms with van der Waals surface area (Å²) in [4.78, 5) is 34.2. The smallest absolute Gasteiger partial charge is 0.408 e. The van der Waals surface area contributed by atoms with Crippen molar-refractivity contribution in [3.8, 4) is 0 Å². The molecule has 0 rings (SSSR count). The van der Waals surface area contributed by atoms with Gasteiger partial charge in [-0.2, -0.15) is 0 Å². The highest BCUT2D eigenvalue weighted by Gasteiger charge is 2.20. The quantitative estimate of drug-likeness (QED) is 0.590. The number of hydrogen-bond acceptors (Lipinski definition) is 4. The summed E-state index contributed by atoms with van der Waals surface area (Å²) in [5.41, 5.74) is -0.164. The van der Waals surface area contributed by atoms with Crippen LogP contribution in [0, 0.1) is 0 Å². The topological polar surface area (TPSA) is 105 Å². The summed E-state index contributed by atoms with van der Waals surface area (Å²) in [5.74, 6) is -1.62. The number of amides is 2. The van der Waals surface area contributed by atoms with Gasteiger partial charge in [0, 0.05) is 0 Å². The van der Waals surface area contributed by atoms with E-state index in [4.69, 9.17) is 9.84 Å². The highest BCUT2D eigenvalue weighted by molar-refractivity contribution is 5.83. The molecule has 0 fully saturated rings. The number of carboxylic acid groups (broad SMARTS) is 1. The van der Waals surface area contributed by atoms with Crippen molar-refractivity contribution in [1.29, 1.82) is 0 Å². The van der Waals surface area contributed by atoms with E-state index in [9.17, 15) is 14.4 Å². The van der Waals surface area contributed by atoms with E-state index in [0.717, 1.165) is 0 Å². The lowest BCUT2D eigenvalue weighted by molar-refractivity contribution is -0.137. The third kappa shape index (κ3) is 9.89. The van der Waals surface area contributed by atoms with Crippen molar-refractivity contribution in [1.82, 2.24) is 10.6 Å². The van der Waals surface area contributed by atoms with Gasteiger partial charge in [-0.3, -0.25) is 9.59 Å². The normalized spacial score (nSPS) is 12.7. The highest BCUT2D eigenvalue weighted by Crippen LogP contribution is 2.09. The molecule has 0 unspecified atom stereocenters. The maximum atomic E-state index is 11.9. The van der Waals surface area contributed by atoms with Gasteiger partial charge in [-0.25, -0.2) is 4.79 Å². The molecule has 128 valence electrons. The number of allylic oxidation sites excluding steroid dienone is 2. The second-order valence-corrected chi connectivity index (χ2v) is 5.68. The van der Waals surface area contributed by atoms with Crippen LogP contribution in [0.2, 0.25) is 0 Å². The first-order valence-electron chi connectivity index (χ1n) is 7.02. The third-order valence-corrected chi connectivity index (χ3v) is 2.45. The first-order valence-corrected chi connectivity index (χ1v) is 7.02. The number of carbonyl (C=O) groups excluding carboxylic acids is 2. The highest BCUT2D eigenvalue weighted by atomic mass is 16.6. The summed E-state index contributed by atoms with van der Waals surface area (Å²) < 4.78 is 5.00. The average molecular weight is 324 g/mol. The summed E-state index contributed by atoms with van der Waals surface area (Å²) in [6.45, 7) is 11.9. The molecule has 0 aromatic heterocycles. The first kappa shape index (κ1) is 20.4. The monoisotopic (exact) mass is 324 g/mol. The molecule has 0 aromatic carbocycles. The molecule has 7 heteroatoms. The minimum atomic E-state index is -1.08. The number of hydrogen-bond donors (Lipinski definition) is 3. The molecule has 1 atom stereocenters. The van der Waals surface area contributed by atoms with Gasteiger partial charge in [-0.15, -0.1) is 0 Å². The van der Waals surface area contributed by atoms with Crippen molar-refractivity contribution in [3.05, 3.63) is 37.0 Å². The summed E-state index contributed by atoms with van der Waals surface area (Å²) in [7, 11) is 0. The van der Waals surface area contributed by atoms with E-state index in [1.54, 1.807) is 26.8 Å². The van der Waals surface area contributed by atoms with E-state index in [-0.39, 0.29) is 13.0 Å². The zero-order valence-corrected chi connectivity index (χ0v) is 13.7. The second-order valence-electron chi connectivity index (χ2n) is 5.68. The van der Waals surface area contributed by atoms with Gasteiger partial charge in [0.05, 0.1) is 12.5 Å². The standard InChI is InChI=1S/C16H24N2O5/c1-6-8-11(7-2)12(9-14(20)21)18-13(19)10-17-15(22)23-16(3,4)5/h6-8,12H,1-2,9-10H2,3-5H3,(H,17,22)(H,18,19)(H,20,21)/b11-8+/t12-/m1/s1. The Hall–Kier alpha value is -2.57. The van der Waals surface area contributed by atoms with Crippen LogP contribution in [0.25, 0.3) is 0 Å². The van der Waals surface area contributed by atoms with Gasteiger partial charge in [0.25, 0.3) is 0 Å². The minimum Gasteiger partial charge on any atom is -0.481 e. The summed E-state index contributed by atoms with van der Waals surface area (Å²) >= 11 is 0. The third-order valence-electron chi connectivity index (χ3n) is 2.45. The maximum Gasteiger partial charge on any atom is 0.408 e. The molecule has 0 radical (unpaired) electrons. The van der Waals surface area contributed by atoms with Crippen LogP contribution in [-0.4, -0.2) is 41.3 Å². The molecule has 0 saturated carbocycles. The molecule has 0 heterocycles. The van der Waals surface area contributed by atoms with E-state index in [2.05, 4.69) is 23.8 Å². The van der Waals surface area contributed by atoms with Crippen LogP contribution < -0.4 is 10.6 Å². The molecule has 0 aromatic rings. The van der Waals surface area contributed by atoms with Crippen molar-refractivity contribution in [2.45, 2.75) is 38.8 Å². The predicted molar refractivity (Wildman–Crippen MR) is 86.9 cm³/mol. The van der Waals surface area contributed by atoms with Crippen molar-refractivity contribution in [2.24, 2.45) is 0 Å². The van der Waals surface area contributed by atoms with Crippen LogP contribution in [0.5, 0.6) is 0 Å². The van der Waals surface area contributed by atoms with Gasteiger partial charge >= 0.3 is 12.1 Å². The van der Waals surface area contributed by atoms with Crippen LogP contribution in [0.15, 0.2) is 37.0 Å². The van der Waals surface area contributed by atoms with Gasteiger partial charge in [0.1, 0.15) is 12.1 Å². The molecule has 0 aliphatic rings. The first-order chi connectivity index (χ1) is 10.6. The number of aliphatic carboxylic acids is 1. The Morgan fingerprint density at radius 3 is 2.30 bits per heavy atom. The Balaban J connectivity index is 4.69. The summed E-state index contributed by atoms with van der Waals surface area (Å²) in [5, 5.41) is 13.8. The number of carboxylic acids is 1. The lowest BCUT2D eigenvalue weighted by atomic mass is 10.0. The second kappa shape index (κ2) is 9.45. The van der Waals surface area contributed by atoms with Gasteiger partial charge in [-0.05, 0) is 26.3 Å². The van der Waals surface area contributed by atoms with E-state index in [1.165, 1.54) is 12.2 Å². The van der Waals surface area contributed by atoms with Crippen LogP contribution in [0.4, 0.5) is 4.79 Å². The zero-order valence-electron chi connectivity index (χ0n) is 13.7. The van der Waals surface area contributed by atoms with Crippen LogP contribution in [-0.2, 0) is 14.3 Å². The summed E-state index contributed by atoms with van der Waals surface area (Å²) in [6.07, 6.45) is 3.42. The molecule has 0 saturated heterocycles. The lowest BCUT2D eigenvalue weighted by Gasteiger charge is -2.21. The molecular weight excluding hydrogens is 300 g/mol. The number of alkyl carbamates (subject to hydrolysis) is 1. The fraction of sp³-hybridized carbons (Fsp3) is 0.438.